The zero-order valence-electron chi connectivity index (χ0n) is 17.7. The lowest BCUT2D eigenvalue weighted by Crippen LogP contribution is -2.36. The maximum absolute atomic E-state index is 12.7. The van der Waals surface area contributed by atoms with Crippen LogP contribution in [0.5, 0.6) is 11.5 Å². The van der Waals surface area contributed by atoms with Crippen LogP contribution in [0.1, 0.15) is 48.0 Å². The Balaban J connectivity index is 1.67. The van der Waals surface area contributed by atoms with Gasteiger partial charge in [0.1, 0.15) is 11.5 Å². The number of methoxy groups -OCH3 is 2. The zero-order valence-corrected chi connectivity index (χ0v) is 18.5. The lowest BCUT2D eigenvalue weighted by molar-refractivity contribution is -0.111. The second kappa shape index (κ2) is 10.9. The van der Waals surface area contributed by atoms with Crippen LogP contribution in [-0.2, 0) is 4.79 Å². The van der Waals surface area contributed by atoms with Crippen LogP contribution < -0.4 is 20.1 Å². The molecule has 0 spiro atoms. The van der Waals surface area contributed by atoms with Crippen molar-refractivity contribution in [1.29, 1.82) is 0 Å². The van der Waals surface area contributed by atoms with Gasteiger partial charge in [0.15, 0.2) is 0 Å². The molecule has 31 heavy (non-hydrogen) atoms. The number of anilines is 1. The van der Waals surface area contributed by atoms with Gasteiger partial charge < -0.3 is 20.1 Å². The number of benzene rings is 2. The SMILES string of the molecule is COc1cc(/C=C/C(=O)Nc2ccc(Cl)c(C(=O)NC3CCCCC3)c2)cc(OC)c1. The molecule has 0 radical (unpaired) electrons. The second-order valence-electron chi connectivity index (χ2n) is 7.47. The van der Waals surface area contributed by atoms with Crippen molar-refractivity contribution in [3.63, 3.8) is 0 Å². The van der Waals surface area contributed by atoms with E-state index in [1.807, 2.05) is 0 Å². The number of carbonyl (C=O) groups is 2. The Bertz CT molecular complexity index is 946. The molecule has 0 aromatic heterocycles. The van der Waals surface area contributed by atoms with Gasteiger partial charge in [-0.15, -0.1) is 0 Å². The monoisotopic (exact) mass is 442 g/mol. The fourth-order valence-corrected chi connectivity index (χ4v) is 3.77. The molecule has 1 aliphatic rings. The highest BCUT2D eigenvalue weighted by molar-refractivity contribution is 6.34. The van der Waals surface area contributed by atoms with Gasteiger partial charge in [-0.25, -0.2) is 0 Å². The minimum atomic E-state index is -0.331. The van der Waals surface area contributed by atoms with E-state index >= 15 is 0 Å². The van der Waals surface area contributed by atoms with Crippen molar-refractivity contribution < 1.29 is 19.1 Å². The summed E-state index contributed by atoms with van der Waals surface area (Å²) in [4.78, 5) is 25.0. The molecule has 0 bridgehead atoms. The summed E-state index contributed by atoms with van der Waals surface area (Å²) in [5.74, 6) is 0.714. The van der Waals surface area contributed by atoms with Gasteiger partial charge >= 0.3 is 0 Å². The lowest BCUT2D eigenvalue weighted by atomic mass is 9.95. The summed E-state index contributed by atoms with van der Waals surface area (Å²) in [6.07, 6.45) is 8.50. The van der Waals surface area contributed by atoms with Crippen molar-refractivity contribution in [1.82, 2.24) is 5.32 Å². The Morgan fingerprint density at radius 2 is 1.68 bits per heavy atom. The fraction of sp³-hybridized carbons (Fsp3) is 0.333. The molecule has 0 unspecified atom stereocenters. The van der Waals surface area contributed by atoms with Crippen molar-refractivity contribution >= 4 is 35.2 Å². The molecule has 2 amide bonds. The first kappa shape index (κ1) is 22.7. The van der Waals surface area contributed by atoms with Crippen molar-refractivity contribution in [3.8, 4) is 11.5 Å². The predicted molar refractivity (Wildman–Crippen MR) is 123 cm³/mol. The van der Waals surface area contributed by atoms with E-state index in [2.05, 4.69) is 10.6 Å². The Morgan fingerprint density at radius 1 is 1.00 bits per heavy atom. The maximum Gasteiger partial charge on any atom is 0.253 e. The van der Waals surface area contributed by atoms with Gasteiger partial charge in [-0.3, -0.25) is 9.59 Å². The highest BCUT2D eigenvalue weighted by atomic mass is 35.5. The van der Waals surface area contributed by atoms with Crippen molar-refractivity contribution in [2.24, 2.45) is 0 Å². The van der Waals surface area contributed by atoms with Crippen LogP contribution in [0.15, 0.2) is 42.5 Å². The van der Waals surface area contributed by atoms with E-state index in [9.17, 15) is 9.59 Å². The minimum Gasteiger partial charge on any atom is -0.497 e. The minimum absolute atomic E-state index is 0.179. The summed E-state index contributed by atoms with van der Waals surface area (Å²) in [6, 6.07) is 10.4. The van der Waals surface area contributed by atoms with Gasteiger partial charge in [-0.05, 0) is 54.8 Å². The number of carbonyl (C=O) groups excluding carboxylic acids is 2. The van der Waals surface area contributed by atoms with Crippen LogP contribution in [0.3, 0.4) is 0 Å². The summed E-state index contributed by atoms with van der Waals surface area (Å²) >= 11 is 6.23. The van der Waals surface area contributed by atoms with Crippen molar-refractivity contribution in [2.45, 2.75) is 38.1 Å². The van der Waals surface area contributed by atoms with E-state index in [1.165, 1.54) is 12.5 Å². The first-order valence-corrected chi connectivity index (χ1v) is 10.7. The third-order valence-electron chi connectivity index (χ3n) is 5.22. The van der Waals surface area contributed by atoms with E-state index in [1.54, 1.807) is 56.7 Å². The molecule has 7 heteroatoms. The van der Waals surface area contributed by atoms with Gasteiger partial charge in [0.05, 0.1) is 24.8 Å². The molecule has 0 aliphatic heterocycles. The average Bonchev–Trinajstić information content (AvgIpc) is 2.79. The normalized spacial score (nSPS) is 14.3. The summed E-state index contributed by atoms with van der Waals surface area (Å²) in [5.41, 5.74) is 1.61. The van der Waals surface area contributed by atoms with Crippen LogP contribution in [0, 0.1) is 0 Å². The number of ether oxygens (including phenoxy) is 2. The number of nitrogens with one attached hydrogen (secondary N) is 2. The highest BCUT2D eigenvalue weighted by Crippen LogP contribution is 2.24. The Kier molecular flexibility index (Phi) is 7.95. The quantitative estimate of drug-likeness (QED) is 0.587. The van der Waals surface area contributed by atoms with E-state index in [0.29, 0.717) is 27.8 Å². The van der Waals surface area contributed by atoms with Crippen LogP contribution in [0.4, 0.5) is 5.69 Å². The summed E-state index contributed by atoms with van der Waals surface area (Å²) in [5, 5.41) is 6.17. The first-order valence-electron chi connectivity index (χ1n) is 10.3. The lowest BCUT2D eigenvalue weighted by Gasteiger charge is -2.23. The maximum atomic E-state index is 12.7. The highest BCUT2D eigenvalue weighted by Gasteiger charge is 2.18. The molecule has 6 nitrogen and oxygen atoms in total. The van der Waals surface area contributed by atoms with Crippen molar-refractivity contribution in [3.05, 3.63) is 58.6 Å². The smallest absolute Gasteiger partial charge is 0.253 e. The molecule has 3 rings (SSSR count). The van der Waals surface area contributed by atoms with Crippen molar-refractivity contribution in [2.75, 3.05) is 19.5 Å². The van der Waals surface area contributed by atoms with Crippen LogP contribution >= 0.6 is 11.6 Å². The Labute approximate surface area is 187 Å². The van der Waals surface area contributed by atoms with Crippen LogP contribution in [0.2, 0.25) is 5.02 Å². The molecule has 2 aromatic rings. The number of amides is 2. The first-order chi connectivity index (χ1) is 15.0. The van der Waals surface area contributed by atoms with E-state index in [0.717, 1.165) is 31.2 Å². The Morgan fingerprint density at radius 3 is 2.32 bits per heavy atom. The molecule has 0 atom stereocenters. The molecule has 1 saturated carbocycles. The number of rotatable bonds is 7. The molecular weight excluding hydrogens is 416 g/mol. The Hall–Kier alpha value is -2.99. The molecule has 0 heterocycles. The fourth-order valence-electron chi connectivity index (χ4n) is 3.57. The van der Waals surface area contributed by atoms with Gasteiger partial charge in [0, 0.05) is 23.9 Å². The average molecular weight is 443 g/mol. The van der Waals surface area contributed by atoms with Gasteiger partial charge in [0.25, 0.3) is 5.91 Å². The second-order valence-corrected chi connectivity index (χ2v) is 7.88. The molecule has 0 saturated heterocycles. The molecular formula is C24H27ClN2O4. The van der Waals surface area contributed by atoms with Gasteiger partial charge in [-0.2, -0.15) is 0 Å². The van der Waals surface area contributed by atoms with Gasteiger partial charge in [0.2, 0.25) is 5.91 Å². The van der Waals surface area contributed by atoms with Crippen LogP contribution in [0.25, 0.3) is 6.08 Å². The molecule has 1 aliphatic carbocycles. The molecule has 2 aromatic carbocycles. The number of hydrogen-bond acceptors (Lipinski definition) is 4. The molecule has 2 N–H and O–H groups in total. The summed E-state index contributed by atoms with van der Waals surface area (Å²) in [6.45, 7) is 0. The standard InChI is InChI=1S/C24H27ClN2O4/c1-30-19-12-16(13-20(15-19)31-2)8-11-23(28)26-18-9-10-22(25)21(14-18)24(29)27-17-6-4-3-5-7-17/h8-15,17H,3-7H2,1-2H3,(H,26,28)(H,27,29)/b11-8+. The van der Waals surface area contributed by atoms with E-state index in [4.69, 9.17) is 21.1 Å². The van der Waals surface area contributed by atoms with E-state index in [-0.39, 0.29) is 17.9 Å². The number of hydrogen-bond donors (Lipinski definition) is 2. The van der Waals surface area contributed by atoms with Gasteiger partial charge in [-0.1, -0.05) is 30.9 Å². The molecule has 164 valence electrons. The predicted octanol–water partition coefficient (Wildman–Crippen LogP) is 5.07. The third-order valence-corrected chi connectivity index (χ3v) is 5.55. The largest absolute Gasteiger partial charge is 0.497 e. The summed E-state index contributed by atoms with van der Waals surface area (Å²) in [7, 11) is 3.13. The topological polar surface area (TPSA) is 76.7 Å². The number of halogens is 1. The molecule has 1 fully saturated rings. The zero-order chi connectivity index (χ0) is 22.2. The van der Waals surface area contributed by atoms with Crippen LogP contribution in [-0.4, -0.2) is 32.1 Å². The van der Waals surface area contributed by atoms with E-state index < -0.39 is 0 Å². The third kappa shape index (κ3) is 6.49. The summed E-state index contributed by atoms with van der Waals surface area (Å²) < 4.78 is 10.5.